The first kappa shape index (κ1) is 15.7. The second kappa shape index (κ2) is 7.38. The quantitative estimate of drug-likeness (QED) is 0.791. The van der Waals surface area contributed by atoms with Gasteiger partial charge in [-0.1, -0.05) is 36.4 Å². The van der Waals surface area contributed by atoms with Crippen LogP contribution >= 0.6 is 0 Å². The van der Waals surface area contributed by atoms with Gasteiger partial charge in [0.25, 0.3) is 5.91 Å². The van der Waals surface area contributed by atoms with E-state index in [-0.39, 0.29) is 18.4 Å². The maximum atomic E-state index is 12.3. The number of carbonyl (C=O) groups excluding carboxylic acids is 2. The van der Waals surface area contributed by atoms with Crippen LogP contribution in [0.1, 0.15) is 28.9 Å². The summed E-state index contributed by atoms with van der Waals surface area (Å²) >= 11 is 0. The van der Waals surface area contributed by atoms with E-state index in [1.54, 1.807) is 24.3 Å². The van der Waals surface area contributed by atoms with Crippen molar-refractivity contribution < 1.29 is 14.7 Å². The van der Waals surface area contributed by atoms with E-state index < -0.39 is 6.04 Å². The summed E-state index contributed by atoms with van der Waals surface area (Å²) in [6, 6.07) is 15.4. The number of carbonyl (C=O) groups is 2. The molecule has 5 heteroatoms. The molecule has 0 radical (unpaired) electrons. The molecule has 0 aromatic heterocycles. The SMILES string of the molecule is CC(=O)Nc1cccc(C(=O)NC(CO)c2ccccc2)c1. The lowest BCUT2D eigenvalue weighted by atomic mass is 10.1. The topological polar surface area (TPSA) is 78.4 Å². The van der Waals surface area contributed by atoms with Crippen molar-refractivity contribution in [2.75, 3.05) is 11.9 Å². The van der Waals surface area contributed by atoms with Gasteiger partial charge in [0.1, 0.15) is 0 Å². The van der Waals surface area contributed by atoms with Crippen molar-refractivity contribution in [3.63, 3.8) is 0 Å². The molecule has 1 unspecified atom stereocenters. The minimum atomic E-state index is -0.474. The summed E-state index contributed by atoms with van der Waals surface area (Å²) in [6.45, 7) is 1.21. The summed E-state index contributed by atoms with van der Waals surface area (Å²) in [5, 5.41) is 14.9. The lowest BCUT2D eigenvalue weighted by molar-refractivity contribution is -0.114. The Morgan fingerprint density at radius 3 is 2.45 bits per heavy atom. The molecule has 2 aromatic carbocycles. The Kier molecular flexibility index (Phi) is 5.27. The molecule has 1 atom stereocenters. The average Bonchev–Trinajstić information content (AvgIpc) is 2.53. The van der Waals surface area contributed by atoms with Gasteiger partial charge in [0, 0.05) is 18.2 Å². The molecule has 2 amide bonds. The van der Waals surface area contributed by atoms with Crippen LogP contribution in [0.5, 0.6) is 0 Å². The molecule has 0 heterocycles. The molecule has 2 aromatic rings. The number of aliphatic hydroxyl groups is 1. The number of benzene rings is 2. The molecular weight excluding hydrogens is 280 g/mol. The predicted molar refractivity (Wildman–Crippen MR) is 84.5 cm³/mol. The largest absolute Gasteiger partial charge is 0.394 e. The van der Waals surface area contributed by atoms with E-state index in [2.05, 4.69) is 10.6 Å². The van der Waals surface area contributed by atoms with Crippen molar-refractivity contribution in [3.8, 4) is 0 Å². The van der Waals surface area contributed by atoms with E-state index in [9.17, 15) is 14.7 Å². The van der Waals surface area contributed by atoms with E-state index in [1.165, 1.54) is 6.92 Å². The number of amides is 2. The zero-order valence-corrected chi connectivity index (χ0v) is 12.2. The molecule has 114 valence electrons. The van der Waals surface area contributed by atoms with Crippen LogP contribution in [0, 0.1) is 0 Å². The minimum Gasteiger partial charge on any atom is -0.394 e. The first-order valence-corrected chi connectivity index (χ1v) is 6.94. The Morgan fingerprint density at radius 2 is 1.82 bits per heavy atom. The number of nitrogens with one attached hydrogen (secondary N) is 2. The molecule has 2 rings (SSSR count). The Bertz CT molecular complexity index is 656. The highest BCUT2D eigenvalue weighted by Crippen LogP contribution is 2.15. The zero-order valence-electron chi connectivity index (χ0n) is 12.2. The molecule has 0 spiro atoms. The number of hydrogen-bond donors (Lipinski definition) is 3. The Morgan fingerprint density at radius 1 is 1.09 bits per heavy atom. The van der Waals surface area contributed by atoms with Crippen molar-refractivity contribution >= 4 is 17.5 Å². The summed E-state index contributed by atoms with van der Waals surface area (Å²) in [5.41, 5.74) is 1.80. The van der Waals surface area contributed by atoms with Crippen LogP contribution in [0.25, 0.3) is 0 Å². The smallest absolute Gasteiger partial charge is 0.251 e. The summed E-state index contributed by atoms with van der Waals surface area (Å²) in [7, 11) is 0. The lowest BCUT2D eigenvalue weighted by Crippen LogP contribution is -2.30. The number of hydrogen-bond acceptors (Lipinski definition) is 3. The number of rotatable bonds is 5. The fourth-order valence-electron chi connectivity index (χ4n) is 2.10. The number of aliphatic hydroxyl groups excluding tert-OH is 1. The van der Waals surface area contributed by atoms with Crippen LogP contribution < -0.4 is 10.6 Å². The summed E-state index contributed by atoms with van der Waals surface area (Å²) in [5.74, 6) is -0.509. The van der Waals surface area contributed by atoms with E-state index >= 15 is 0 Å². The van der Waals surface area contributed by atoms with Gasteiger partial charge in [-0.2, -0.15) is 0 Å². The molecule has 22 heavy (non-hydrogen) atoms. The molecule has 0 aliphatic carbocycles. The Balaban J connectivity index is 2.12. The normalized spacial score (nSPS) is 11.5. The van der Waals surface area contributed by atoms with Crippen LogP contribution in [0.3, 0.4) is 0 Å². The third-order valence-electron chi connectivity index (χ3n) is 3.13. The first-order chi connectivity index (χ1) is 10.6. The van der Waals surface area contributed by atoms with Crippen LogP contribution in [0.2, 0.25) is 0 Å². The molecule has 3 N–H and O–H groups in total. The van der Waals surface area contributed by atoms with E-state index in [4.69, 9.17) is 0 Å². The third kappa shape index (κ3) is 4.17. The Hall–Kier alpha value is -2.66. The molecule has 0 saturated heterocycles. The molecule has 0 aliphatic rings. The van der Waals surface area contributed by atoms with Gasteiger partial charge in [0.2, 0.25) is 5.91 Å². The van der Waals surface area contributed by atoms with Crippen LogP contribution in [0.4, 0.5) is 5.69 Å². The summed E-state index contributed by atoms with van der Waals surface area (Å²) in [4.78, 5) is 23.3. The van der Waals surface area contributed by atoms with Gasteiger partial charge in [-0.15, -0.1) is 0 Å². The maximum absolute atomic E-state index is 12.3. The molecule has 0 aliphatic heterocycles. The monoisotopic (exact) mass is 298 g/mol. The molecule has 0 saturated carbocycles. The highest BCUT2D eigenvalue weighted by Gasteiger charge is 2.15. The van der Waals surface area contributed by atoms with E-state index in [0.717, 1.165) is 5.56 Å². The standard InChI is InChI=1S/C17H18N2O3/c1-12(21)18-15-9-5-8-14(10-15)17(22)19-16(11-20)13-6-3-2-4-7-13/h2-10,16,20H,11H2,1H3,(H,18,21)(H,19,22). The average molecular weight is 298 g/mol. The molecule has 0 bridgehead atoms. The van der Waals surface area contributed by atoms with E-state index in [1.807, 2.05) is 30.3 Å². The molecule has 0 fully saturated rings. The van der Waals surface area contributed by atoms with Gasteiger partial charge in [0.05, 0.1) is 12.6 Å². The second-order valence-corrected chi connectivity index (χ2v) is 4.88. The van der Waals surface area contributed by atoms with Crippen LogP contribution in [-0.4, -0.2) is 23.5 Å². The van der Waals surface area contributed by atoms with Crippen LogP contribution in [-0.2, 0) is 4.79 Å². The fourth-order valence-corrected chi connectivity index (χ4v) is 2.10. The highest BCUT2D eigenvalue weighted by molar-refractivity contribution is 5.97. The summed E-state index contributed by atoms with van der Waals surface area (Å²) in [6.07, 6.45) is 0. The van der Waals surface area contributed by atoms with Gasteiger partial charge < -0.3 is 15.7 Å². The molecule has 5 nitrogen and oxygen atoms in total. The van der Waals surface area contributed by atoms with Crippen LogP contribution in [0.15, 0.2) is 54.6 Å². The van der Waals surface area contributed by atoms with Crippen molar-refractivity contribution in [2.45, 2.75) is 13.0 Å². The van der Waals surface area contributed by atoms with Gasteiger partial charge in [-0.3, -0.25) is 9.59 Å². The fraction of sp³-hybridized carbons (Fsp3) is 0.176. The van der Waals surface area contributed by atoms with Crippen molar-refractivity contribution in [2.24, 2.45) is 0 Å². The first-order valence-electron chi connectivity index (χ1n) is 6.94. The van der Waals surface area contributed by atoms with Crippen molar-refractivity contribution in [1.82, 2.24) is 5.32 Å². The second-order valence-electron chi connectivity index (χ2n) is 4.88. The zero-order chi connectivity index (χ0) is 15.9. The maximum Gasteiger partial charge on any atom is 0.251 e. The van der Waals surface area contributed by atoms with Crippen molar-refractivity contribution in [1.29, 1.82) is 0 Å². The highest BCUT2D eigenvalue weighted by atomic mass is 16.3. The minimum absolute atomic E-state index is 0.193. The van der Waals surface area contributed by atoms with Crippen molar-refractivity contribution in [3.05, 3.63) is 65.7 Å². The van der Waals surface area contributed by atoms with Gasteiger partial charge in [0.15, 0.2) is 0 Å². The van der Waals surface area contributed by atoms with E-state index in [0.29, 0.717) is 11.3 Å². The molecular formula is C17H18N2O3. The summed E-state index contributed by atoms with van der Waals surface area (Å²) < 4.78 is 0. The predicted octanol–water partition coefficient (Wildman–Crippen LogP) is 2.11. The number of anilines is 1. The van der Waals surface area contributed by atoms with Gasteiger partial charge in [-0.25, -0.2) is 0 Å². The Labute approximate surface area is 129 Å². The lowest BCUT2D eigenvalue weighted by Gasteiger charge is -2.17. The third-order valence-corrected chi connectivity index (χ3v) is 3.13. The van der Waals surface area contributed by atoms with Gasteiger partial charge >= 0.3 is 0 Å². The van der Waals surface area contributed by atoms with Gasteiger partial charge in [-0.05, 0) is 23.8 Å².